The highest BCUT2D eigenvalue weighted by atomic mass is 16.5. The fourth-order valence-electron chi connectivity index (χ4n) is 1.46. The quantitative estimate of drug-likeness (QED) is 0.721. The molecule has 7 heteroatoms. The van der Waals surface area contributed by atoms with Crippen molar-refractivity contribution in [3.63, 3.8) is 0 Å². The van der Waals surface area contributed by atoms with Crippen LogP contribution in [0.25, 0.3) is 0 Å². The molecule has 0 aliphatic rings. The summed E-state index contributed by atoms with van der Waals surface area (Å²) in [6, 6.07) is 5.51. The molecule has 2 rings (SSSR count). The number of amides is 1. The first-order chi connectivity index (χ1) is 8.97. The molecule has 0 saturated heterocycles. The molecule has 0 bridgehead atoms. The minimum Gasteiger partial charge on any atom is -0.478 e. The van der Waals surface area contributed by atoms with Gasteiger partial charge in [0, 0.05) is 6.07 Å². The summed E-state index contributed by atoms with van der Waals surface area (Å²) >= 11 is 0. The Morgan fingerprint density at radius 2 is 2.11 bits per heavy atom. The van der Waals surface area contributed by atoms with Crippen LogP contribution in [0.3, 0.4) is 0 Å². The number of hydrogen-bond donors (Lipinski definition) is 3. The highest BCUT2D eigenvalue weighted by molar-refractivity contribution is 6.04. The largest absolute Gasteiger partial charge is 0.478 e. The molecular formula is C12H11N3O4. The number of rotatable bonds is 3. The van der Waals surface area contributed by atoms with E-state index in [1.165, 1.54) is 24.3 Å². The molecular weight excluding hydrogens is 250 g/mol. The molecule has 98 valence electrons. The molecule has 1 amide bonds. The zero-order valence-corrected chi connectivity index (χ0v) is 10.0. The lowest BCUT2D eigenvalue weighted by atomic mass is 10.1. The van der Waals surface area contributed by atoms with Crippen LogP contribution in [0.2, 0.25) is 0 Å². The molecule has 0 aliphatic carbocycles. The average Bonchev–Trinajstić information content (AvgIpc) is 2.78. The van der Waals surface area contributed by atoms with E-state index in [0.29, 0.717) is 11.4 Å². The Bertz CT molecular complexity index is 648. The van der Waals surface area contributed by atoms with Gasteiger partial charge in [-0.3, -0.25) is 4.79 Å². The fraction of sp³-hybridized carbons (Fsp3) is 0.0833. The molecule has 19 heavy (non-hydrogen) atoms. The van der Waals surface area contributed by atoms with Crippen LogP contribution in [0, 0.1) is 6.92 Å². The van der Waals surface area contributed by atoms with Crippen LogP contribution < -0.4 is 11.1 Å². The third kappa shape index (κ3) is 2.71. The monoisotopic (exact) mass is 261 g/mol. The van der Waals surface area contributed by atoms with Crippen LogP contribution in [0.5, 0.6) is 0 Å². The number of nitrogens with two attached hydrogens (primary N) is 1. The van der Waals surface area contributed by atoms with Crippen LogP contribution >= 0.6 is 0 Å². The normalized spacial score (nSPS) is 10.2. The first kappa shape index (κ1) is 12.6. The molecule has 0 atom stereocenters. The van der Waals surface area contributed by atoms with E-state index >= 15 is 0 Å². The lowest BCUT2D eigenvalue weighted by Crippen LogP contribution is -2.13. The van der Waals surface area contributed by atoms with Gasteiger partial charge in [0.25, 0.3) is 5.91 Å². The van der Waals surface area contributed by atoms with Gasteiger partial charge in [0.05, 0.1) is 22.6 Å². The van der Waals surface area contributed by atoms with Crippen molar-refractivity contribution in [1.82, 2.24) is 5.16 Å². The zero-order valence-electron chi connectivity index (χ0n) is 10.0. The van der Waals surface area contributed by atoms with Crippen LogP contribution in [-0.4, -0.2) is 22.1 Å². The number of carboxylic acids is 1. The fourth-order valence-corrected chi connectivity index (χ4v) is 1.46. The lowest BCUT2D eigenvalue weighted by molar-refractivity contribution is 0.0697. The van der Waals surface area contributed by atoms with Crippen LogP contribution in [0.1, 0.15) is 26.6 Å². The number of nitrogens with one attached hydrogen (secondary N) is 1. The zero-order chi connectivity index (χ0) is 14.0. The van der Waals surface area contributed by atoms with Gasteiger partial charge >= 0.3 is 5.97 Å². The summed E-state index contributed by atoms with van der Waals surface area (Å²) in [6.45, 7) is 1.69. The van der Waals surface area contributed by atoms with E-state index in [2.05, 4.69) is 10.5 Å². The molecule has 0 saturated carbocycles. The summed E-state index contributed by atoms with van der Waals surface area (Å²) in [5.41, 5.74) is 6.76. The molecule has 1 aromatic carbocycles. The van der Waals surface area contributed by atoms with Crippen LogP contribution in [-0.2, 0) is 0 Å². The van der Waals surface area contributed by atoms with Gasteiger partial charge < -0.3 is 20.7 Å². The Morgan fingerprint density at radius 1 is 1.37 bits per heavy atom. The number of carboxylic acid groups (broad SMARTS) is 1. The predicted octanol–water partition coefficient (Wildman–Crippen LogP) is 1.52. The van der Waals surface area contributed by atoms with E-state index in [4.69, 9.17) is 15.4 Å². The molecule has 1 aromatic heterocycles. The van der Waals surface area contributed by atoms with E-state index in [0.717, 1.165) is 0 Å². The predicted molar refractivity (Wildman–Crippen MR) is 67.0 cm³/mol. The van der Waals surface area contributed by atoms with Crippen molar-refractivity contribution in [2.45, 2.75) is 6.92 Å². The number of benzene rings is 1. The van der Waals surface area contributed by atoms with Gasteiger partial charge in [-0.2, -0.15) is 0 Å². The molecule has 0 fully saturated rings. The maximum Gasteiger partial charge on any atom is 0.335 e. The maximum absolute atomic E-state index is 11.8. The molecule has 2 aromatic rings. The van der Waals surface area contributed by atoms with Crippen LogP contribution in [0.15, 0.2) is 28.8 Å². The van der Waals surface area contributed by atoms with E-state index in [9.17, 15) is 9.59 Å². The summed E-state index contributed by atoms with van der Waals surface area (Å²) < 4.78 is 4.80. The lowest BCUT2D eigenvalue weighted by Gasteiger charge is -2.07. The Labute approximate surface area is 108 Å². The first-order valence-corrected chi connectivity index (χ1v) is 5.35. The Hall–Kier alpha value is -2.83. The number of anilines is 2. The molecule has 0 unspecified atom stereocenters. The smallest absolute Gasteiger partial charge is 0.335 e. The number of carbonyl (C=O) groups is 2. The second-order valence-corrected chi connectivity index (χ2v) is 3.89. The van der Waals surface area contributed by atoms with Crippen molar-refractivity contribution in [2.75, 3.05) is 11.1 Å². The second-order valence-electron chi connectivity index (χ2n) is 3.89. The van der Waals surface area contributed by atoms with Gasteiger partial charge in [0.2, 0.25) is 5.76 Å². The molecule has 0 aliphatic heterocycles. The summed E-state index contributed by atoms with van der Waals surface area (Å²) in [5.74, 6) is -1.54. The second kappa shape index (κ2) is 4.81. The van der Waals surface area contributed by atoms with Crippen molar-refractivity contribution >= 4 is 23.3 Å². The Morgan fingerprint density at radius 3 is 2.63 bits per heavy atom. The molecule has 7 nitrogen and oxygen atoms in total. The summed E-state index contributed by atoms with van der Waals surface area (Å²) in [4.78, 5) is 22.5. The molecule has 1 heterocycles. The maximum atomic E-state index is 11.8. The first-order valence-electron chi connectivity index (χ1n) is 5.35. The molecule has 0 spiro atoms. The SMILES string of the molecule is Cc1cc(C(=O)Nc2ccc(C(=O)O)cc2N)on1. The van der Waals surface area contributed by atoms with Gasteiger partial charge in [-0.05, 0) is 25.1 Å². The molecule has 0 radical (unpaired) electrons. The minimum absolute atomic E-state index is 0.0472. The molecule has 4 N–H and O–H groups in total. The van der Waals surface area contributed by atoms with Gasteiger partial charge in [-0.25, -0.2) is 4.79 Å². The van der Waals surface area contributed by atoms with Gasteiger partial charge in [0.1, 0.15) is 0 Å². The van der Waals surface area contributed by atoms with Crippen molar-refractivity contribution < 1.29 is 19.2 Å². The highest BCUT2D eigenvalue weighted by Crippen LogP contribution is 2.20. The topological polar surface area (TPSA) is 118 Å². The average molecular weight is 261 g/mol. The van der Waals surface area contributed by atoms with Crippen LogP contribution in [0.4, 0.5) is 11.4 Å². The van der Waals surface area contributed by atoms with E-state index in [1.807, 2.05) is 0 Å². The Balaban J connectivity index is 2.20. The van der Waals surface area contributed by atoms with E-state index in [1.54, 1.807) is 6.92 Å². The summed E-state index contributed by atoms with van der Waals surface area (Å²) in [6.07, 6.45) is 0. The number of aromatic carboxylic acids is 1. The number of hydrogen-bond acceptors (Lipinski definition) is 5. The van der Waals surface area contributed by atoms with Crippen molar-refractivity contribution in [1.29, 1.82) is 0 Å². The number of nitrogens with zero attached hydrogens (tertiary/aromatic N) is 1. The third-order valence-corrected chi connectivity index (χ3v) is 2.40. The number of aromatic nitrogens is 1. The Kier molecular flexibility index (Phi) is 3.19. The van der Waals surface area contributed by atoms with E-state index in [-0.39, 0.29) is 17.0 Å². The number of carbonyl (C=O) groups excluding carboxylic acids is 1. The summed E-state index contributed by atoms with van der Waals surface area (Å²) in [7, 11) is 0. The van der Waals surface area contributed by atoms with Crippen molar-refractivity contribution in [2.24, 2.45) is 0 Å². The standard InChI is InChI=1S/C12H11N3O4/c1-6-4-10(19-15-6)11(16)14-9-3-2-7(12(17)18)5-8(9)13/h2-5H,13H2,1H3,(H,14,16)(H,17,18). The number of aryl methyl sites for hydroxylation is 1. The van der Waals surface area contributed by atoms with Gasteiger partial charge in [-0.1, -0.05) is 5.16 Å². The third-order valence-electron chi connectivity index (χ3n) is 2.40. The van der Waals surface area contributed by atoms with E-state index < -0.39 is 11.9 Å². The minimum atomic E-state index is -1.09. The summed E-state index contributed by atoms with van der Waals surface area (Å²) in [5, 5.41) is 14.9. The van der Waals surface area contributed by atoms with Gasteiger partial charge in [-0.15, -0.1) is 0 Å². The van der Waals surface area contributed by atoms with Crippen molar-refractivity contribution in [3.8, 4) is 0 Å². The highest BCUT2D eigenvalue weighted by Gasteiger charge is 2.14. The number of nitrogen functional groups attached to an aromatic ring is 1. The van der Waals surface area contributed by atoms with Crippen molar-refractivity contribution in [3.05, 3.63) is 41.3 Å². The van der Waals surface area contributed by atoms with Gasteiger partial charge in [0.15, 0.2) is 0 Å².